The van der Waals surface area contributed by atoms with Gasteiger partial charge in [0.15, 0.2) is 5.13 Å². The third-order valence-electron chi connectivity index (χ3n) is 4.19. The highest BCUT2D eigenvalue weighted by Crippen LogP contribution is 2.37. The number of thiazole rings is 1. The molecule has 114 valence electrons. The molecule has 5 nitrogen and oxygen atoms in total. The highest BCUT2D eigenvalue weighted by molar-refractivity contribution is 9.11. The minimum absolute atomic E-state index is 0.00687. The molecule has 2 unspecified atom stereocenters. The number of amides is 2. The Morgan fingerprint density at radius 2 is 2.00 bits per heavy atom. The molecular formula is C15H15BrN4OS. The van der Waals surface area contributed by atoms with Crippen molar-refractivity contribution in [1.29, 1.82) is 0 Å². The maximum Gasteiger partial charge on any atom is 0.322 e. The molecule has 2 amide bonds. The van der Waals surface area contributed by atoms with Crippen LogP contribution in [0.25, 0.3) is 0 Å². The molecule has 3 aliphatic heterocycles. The van der Waals surface area contributed by atoms with Crippen molar-refractivity contribution in [3.8, 4) is 0 Å². The van der Waals surface area contributed by atoms with E-state index in [1.54, 1.807) is 11.3 Å². The fourth-order valence-corrected chi connectivity index (χ4v) is 4.40. The molecule has 0 aliphatic carbocycles. The van der Waals surface area contributed by atoms with Crippen LogP contribution in [0.4, 0.5) is 15.6 Å². The summed E-state index contributed by atoms with van der Waals surface area (Å²) in [6.07, 6.45) is 2.92. The smallest absolute Gasteiger partial charge is 0.322 e. The summed E-state index contributed by atoms with van der Waals surface area (Å²) >= 11 is 5.09. The standard InChI is InChI=1S/C15H15BrN4OS/c16-13-7-17-15(22-13)19-8-11-6-12(9-19)20(11)14(21)18-10-4-2-1-3-5-10/h1-5,7,11-12H,6,8-9H2,(H,18,21). The van der Waals surface area contributed by atoms with Crippen LogP contribution in [0.1, 0.15) is 6.42 Å². The van der Waals surface area contributed by atoms with E-state index in [1.807, 2.05) is 41.4 Å². The van der Waals surface area contributed by atoms with Crippen molar-refractivity contribution in [1.82, 2.24) is 9.88 Å². The maximum atomic E-state index is 12.4. The fraction of sp³-hybridized carbons (Fsp3) is 0.333. The molecule has 0 saturated carbocycles. The van der Waals surface area contributed by atoms with Gasteiger partial charge >= 0.3 is 6.03 Å². The summed E-state index contributed by atoms with van der Waals surface area (Å²) in [5, 5.41) is 4.01. The molecule has 1 aromatic heterocycles. The Kier molecular flexibility index (Phi) is 3.54. The summed E-state index contributed by atoms with van der Waals surface area (Å²) in [6.45, 7) is 1.72. The normalized spacial score (nSPS) is 23.1. The number of halogens is 1. The first kappa shape index (κ1) is 14.0. The summed E-state index contributed by atoms with van der Waals surface area (Å²) in [5.41, 5.74) is 0.846. The van der Waals surface area contributed by atoms with Gasteiger partial charge in [-0.25, -0.2) is 9.78 Å². The number of benzene rings is 1. The Bertz CT molecular complexity index is 680. The van der Waals surface area contributed by atoms with Crippen molar-refractivity contribution >= 4 is 44.1 Å². The van der Waals surface area contributed by atoms with Crippen LogP contribution >= 0.6 is 27.3 Å². The number of nitrogens with one attached hydrogen (secondary N) is 1. The molecule has 0 radical (unpaired) electrons. The molecule has 22 heavy (non-hydrogen) atoms. The zero-order chi connectivity index (χ0) is 15.1. The van der Waals surface area contributed by atoms with Gasteiger partial charge in [-0.3, -0.25) is 0 Å². The third kappa shape index (κ3) is 2.48. The van der Waals surface area contributed by atoms with Crippen LogP contribution in [0.3, 0.4) is 0 Å². The third-order valence-corrected chi connectivity index (χ3v) is 5.73. The second-order valence-electron chi connectivity index (χ2n) is 5.60. The lowest BCUT2D eigenvalue weighted by Gasteiger charge is -2.55. The molecule has 3 aliphatic rings. The van der Waals surface area contributed by atoms with Gasteiger partial charge in [-0.15, -0.1) is 0 Å². The molecule has 2 aromatic rings. The summed E-state index contributed by atoms with van der Waals surface area (Å²) in [5.74, 6) is 0. The number of hydrogen-bond acceptors (Lipinski definition) is 4. The van der Waals surface area contributed by atoms with E-state index in [1.165, 1.54) is 0 Å². The van der Waals surface area contributed by atoms with E-state index < -0.39 is 0 Å². The molecule has 3 fully saturated rings. The van der Waals surface area contributed by atoms with E-state index >= 15 is 0 Å². The molecule has 2 atom stereocenters. The summed E-state index contributed by atoms with van der Waals surface area (Å²) in [7, 11) is 0. The van der Waals surface area contributed by atoms with Crippen LogP contribution in [0, 0.1) is 0 Å². The number of para-hydroxylation sites is 1. The van der Waals surface area contributed by atoms with Crippen LogP contribution < -0.4 is 10.2 Å². The Labute approximate surface area is 141 Å². The lowest BCUT2D eigenvalue weighted by Crippen LogP contribution is -2.71. The number of carbonyl (C=O) groups excluding carboxylic acids is 1. The van der Waals surface area contributed by atoms with Crippen molar-refractivity contribution in [2.45, 2.75) is 18.5 Å². The molecule has 4 heterocycles. The Morgan fingerprint density at radius 3 is 2.64 bits per heavy atom. The molecule has 3 saturated heterocycles. The van der Waals surface area contributed by atoms with Gasteiger partial charge in [0, 0.05) is 18.8 Å². The number of rotatable bonds is 2. The van der Waals surface area contributed by atoms with Crippen LogP contribution in [0.5, 0.6) is 0 Å². The van der Waals surface area contributed by atoms with Crippen molar-refractivity contribution in [2.75, 3.05) is 23.3 Å². The summed E-state index contributed by atoms with van der Waals surface area (Å²) in [4.78, 5) is 21.1. The highest BCUT2D eigenvalue weighted by Gasteiger charge is 2.47. The zero-order valence-electron chi connectivity index (χ0n) is 11.8. The van der Waals surface area contributed by atoms with Gasteiger partial charge in [0.1, 0.15) is 0 Å². The van der Waals surface area contributed by atoms with Crippen LogP contribution in [-0.2, 0) is 0 Å². The van der Waals surface area contributed by atoms with E-state index in [-0.39, 0.29) is 18.1 Å². The van der Waals surface area contributed by atoms with Gasteiger partial charge < -0.3 is 15.1 Å². The first-order chi connectivity index (χ1) is 10.7. The van der Waals surface area contributed by atoms with E-state index in [9.17, 15) is 4.79 Å². The van der Waals surface area contributed by atoms with E-state index in [0.29, 0.717) is 0 Å². The lowest BCUT2D eigenvalue weighted by atomic mass is 9.88. The monoisotopic (exact) mass is 378 g/mol. The highest BCUT2D eigenvalue weighted by atomic mass is 79.9. The number of nitrogens with zero attached hydrogens (tertiary/aromatic N) is 3. The van der Waals surface area contributed by atoms with Crippen LogP contribution in [-0.4, -0.2) is 41.1 Å². The Morgan fingerprint density at radius 1 is 1.27 bits per heavy atom. The van der Waals surface area contributed by atoms with Gasteiger partial charge in [-0.05, 0) is 34.5 Å². The average molecular weight is 379 g/mol. The van der Waals surface area contributed by atoms with Gasteiger partial charge in [-0.1, -0.05) is 29.5 Å². The van der Waals surface area contributed by atoms with Crippen molar-refractivity contribution in [2.24, 2.45) is 0 Å². The number of piperazine rings is 1. The first-order valence-electron chi connectivity index (χ1n) is 7.21. The number of urea groups is 1. The number of aromatic nitrogens is 1. The lowest BCUT2D eigenvalue weighted by molar-refractivity contribution is 0.0439. The quantitative estimate of drug-likeness (QED) is 0.870. The molecule has 0 spiro atoms. The number of anilines is 2. The molecular weight excluding hydrogens is 364 g/mol. The predicted molar refractivity (Wildman–Crippen MR) is 91.5 cm³/mol. The second kappa shape index (κ2) is 5.55. The van der Waals surface area contributed by atoms with E-state index in [0.717, 1.165) is 34.1 Å². The van der Waals surface area contributed by atoms with Crippen molar-refractivity contribution in [3.05, 3.63) is 40.3 Å². The minimum Gasteiger partial charge on any atom is -0.344 e. The second-order valence-corrected chi connectivity index (χ2v) is 7.99. The van der Waals surface area contributed by atoms with E-state index in [4.69, 9.17) is 0 Å². The minimum atomic E-state index is 0.00687. The number of carbonyl (C=O) groups is 1. The van der Waals surface area contributed by atoms with E-state index in [2.05, 4.69) is 31.1 Å². The predicted octanol–water partition coefficient (Wildman–Crippen LogP) is 3.40. The zero-order valence-corrected chi connectivity index (χ0v) is 14.2. The average Bonchev–Trinajstić information content (AvgIpc) is 2.95. The topological polar surface area (TPSA) is 48.5 Å². The molecule has 1 N–H and O–H groups in total. The SMILES string of the molecule is O=C(Nc1ccccc1)N1C2CC1CN(c1ncc(Br)s1)C2. The van der Waals surface area contributed by atoms with Gasteiger partial charge in [0.2, 0.25) is 0 Å². The number of fused-ring (bicyclic) bond motifs is 2. The Balaban J connectivity index is 1.41. The molecule has 5 rings (SSSR count). The molecule has 1 aromatic carbocycles. The summed E-state index contributed by atoms with van der Waals surface area (Å²) in [6, 6.07) is 10.2. The first-order valence-corrected chi connectivity index (χ1v) is 8.82. The maximum absolute atomic E-state index is 12.4. The van der Waals surface area contributed by atoms with Gasteiger partial charge in [0.25, 0.3) is 0 Å². The fourth-order valence-electron chi connectivity index (χ4n) is 3.20. The van der Waals surface area contributed by atoms with Crippen molar-refractivity contribution < 1.29 is 4.79 Å². The number of hydrogen-bond donors (Lipinski definition) is 1. The van der Waals surface area contributed by atoms with Crippen molar-refractivity contribution in [3.63, 3.8) is 0 Å². The van der Waals surface area contributed by atoms with Crippen LogP contribution in [0.2, 0.25) is 0 Å². The Hall–Kier alpha value is -1.60. The number of piperidine rings is 1. The molecule has 2 bridgehead atoms. The van der Waals surface area contributed by atoms with Gasteiger partial charge in [0.05, 0.1) is 22.1 Å². The summed E-state index contributed by atoms with van der Waals surface area (Å²) < 4.78 is 1.04. The van der Waals surface area contributed by atoms with Gasteiger partial charge in [-0.2, -0.15) is 0 Å². The van der Waals surface area contributed by atoms with Crippen LogP contribution in [0.15, 0.2) is 40.3 Å². The molecule has 7 heteroatoms. The largest absolute Gasteiger partial charge is 0.344 e.